The van der Waals surface area contributed by atoms with Crippen LogP contribution in [0.25, 0.3) is 11.1 Å². The first kappa shape index (κ1) is 27.1. The Balaban J connectivity index is 1.27. The SMILES string of the molecule is COC(c1ccc(-c2ccccc2)cc1)C1CCc2c(ncn2C(c2ccccc2)(c2ccccc2)c2ccccc2)C1. The van der Waals surface area contributed by atoms with Crippen LogP contribution in [0.3, 0.4) is 0 Å². The monoisotopic (exact) mass is 560 g/mol. The molecule has 0 N–H and O–H groups in total. The highest BCUT2D eigenvalue weighted by Gasteiger charge is 2.41. The number of fused-ring (bicyclic) bond motifs is 1. The Bertz CT molecular complexity index is 1660. The molecule has 7 rings (SSSR count). The molecule has 1 aromatic heterocycles. The summed E-state index contributed by atoms with van der Waals surface area (Å²) in [5.41, 5.74) is 9.30. The number of methoxy groups -OCH3 is 1. The molecule has 0 saturated heterocycles. The lowest BCUT2D eigenvalue weighted by Gasteiger charge is -2.40. The van der Waals surface area contributed by atoms with Crippen LogP contribution in [0.15, 0.2) is 152 Å². The minimum absolute atomic E-state index is 0.0188. The highest BCUT2D eigenvalue weighted by atomic mass is 16.5. The molecule has 6 aromatic rings. The van der Waals surface area contributed by atoms with E-state index >= 15 is 0 Å². The van der Waals surface area contributed by atoms with Gasteiger partial charge in [0.25, 0.3) is 0 Å². The van der Waals surface area contributed by atoms with Crippen molar-refractivity contribution in [2.45, 2.75) is 30.9 Å². The minimum atomic E-state index is -0.537. The maximum atomic E-state index is 6.18. The molecule has 0 amide bonds. The van der Waals surface area contributed by atoms with Gasteiger partial charge in [0, 0.05) is 12.8 Å². The number of aromatic nitrogens is 2. The summed E-state index contributed by atoms with van der Waals surface area (Å²) in [6.07, 6.45) is 4.96. The van der Waals surface area contributed by atoms with E-state index in [1.54, 1.807) is 0 Å². The fourth-order valence-electron chi connectivity index (χ4n) is 7.12. The molecule has 0 bridgehead atoms. The third kappa shape index (κ3) is 4.90. The van der Waals surface area contributed by atoms with Crippen molar-refractivity contribution in [3.05, 3.63) is 186 Å². The Hall–Kier alpha value is -4.73. The van der Waals surface area contributed by atoms with Gasteiger partial charge in [0.1, 0.15) is 5.54 Å². The highest BCUT2D eigenvalue weighted by Crippen LogP contribution is 2.44. The van der Waals surface area contributed by atoms with Gasteiger partial charge in [-0.05, 0) is 58.6 Å². The predicted octanol–water partition coefficient (Wildman–Crippen LogP) is 8.88. The Morgan fingerprint density at radius 1 is 0.651 bits per heavy atom. The zero-order valence-corrected chi connectivity index (χ0v) is 24.5. The molecule has 1 heterocycles. The van der Waals surface area contributed by atoms with Crippen molar-refractivity contribution in [1.29, 1.82) is 0 Å². The van der Waals surface area contributed by atoms with Gasteiger partial charge in [0.15, 0.2) is 0 Å². The standard InChI is InChI=1S/C40H36N2O/c1-43-39(32-24-22-31(23-25-32)30-14-6-2-7-15-30)33-26-27-38-37(28-33)41-29-42(38)40(34-16-8-3-9-17-34,35-18-10-4-11-19-35)36-20-12-5-13-21-36/h2-25,29,33,39H,26-28H2,1H3. The first-order chi connectivity index (χ1) is 21.3. The molecule has 0 fully saturated rings. The van der Waals surface area contributed by atoms with Gasteiger partial charge >= 0.3 is 0 Å². The lowest BCUT2D eigenvalue weighted by atomic mass is 9.75. The van der Waals surface area contributed by atoms with Gasteiger partial charge in [-0.1, -0.05) is 146 Å². The van der Waals surface area contributed by atoms with Crippen molar-refractivity contribution in [1.82, 2.24) is 9.55 Å². The fourth-order valence-corrected chi connectivity index (χ4v) is 7.12. The van der Waals surface area contributed by atoms with Crippen molar-refractivity contribution in [2.75, 3.05) is 7.11 Å². The zero-order chi connectivity index (χ0) is 29.1. The summed E-state index contributed by atoms with van der Waals surface area (Å²) < 4.78 is 8.64. The Morgan fingerprint density at radius 3 is 1.65 bits per heavy atom. The summed E-state index contributed by atoms with van der Waals surface area (Å²) in [5.74, 6) is 0.350. The van der Waals surface area contributed by atoms with Crippen LogP contribution in [0, 0.1) is 5.92 Å². The number of imidazole rings is 1. The van der Waals surface area contributed by atoms with Crippen molar-refractivity contribution < 1.29 is 4.74 Å². The minimum Gasteiger partial charge on any atom is -0.376 e. The van der Waals surface area contributed by atoms with E-state index < -0.39 is 5.54 Å². The van der Waals surface area contributed by atoms with Crippen molar-refractivity contribution >= 4 is 0 Å². The third-order valence-electron chi connectivity index (χ3n) is 9.12. The van der Waals surface area contributed by atoms with Gasteiger partial charge in [0.05, 0.1) is 18.1 Å². The van der Waals surface area contributed by atoms with Gasteiger partial charge in [-0.25, -0.2) is 4.98 Å². The quantitative estimate of drug-likeness (QED) is 0.174. The van der Waals surface area contributed by atoms with Gasteiger partial charge in [0.2, 0.25) is 0 Å². The molecule has 0 saturated carbocycles. The molecule has 0 spiro atoms. The van der Waals surface area contributed by atoms with Crippen molar-refractivity contribution in [2.24, 2.45) is 5.92 Å². The molecule has 212 valence electrons. The topological polar surface area (TPSA) is 27.1 Å². The summed E-state index contributed by atoms with van der Waals surface area (Å²) in [7, 11) is 1.84. The number of hydrogen-bond donors (Lipinski definition) is 0. The largest absolute Gasteiger partial charge is 0.376 e. The molecule has 2 atom stereocenters. The summed E-state index contributed by atoms with van der Waals surface area (Å²) in [6.45, 7) is 0. The van der Waals surface area contributed by atoms with Crippen LogP contribution in [0.1, 0.15) is 46.2 Å². The van der Waals surface area contributed by atoms with Crippen molar-refractivity contribution in [3.8, 4) is 11.1 Å². The Morgan fingerprint density at radius 2 is 1.14 bits per heavy atom. The molecular formula is C40H36N2O. The molecule has 2 unspecified atom stereocenters. The van der Waals surface area contributed by atoms with Crippen LogP contribution >= 0.6 is 0 Å². The summed E-state index contributed by atoms with van der Waals surface area (Å²) in [4.78, 5) is 5.12. The summed E-state index contributed by atoms with van der Waals surface area (Å²) in [6, 6.07) is 52.0. The molecule has 3 nitrogen and oxygen atoms in total. The fraction of sp³-hybridized carbons (Fsp3) is 0.175. The summed E-state index contributed by atoms with van der Waals surface area (Å²) >= 11 is 0. The van der Waals surface area contributed by atoms with E-state index in [9.17, 15) is 0 Å². The lowest BCUT2D eigenvalue weighted by Crippen LogP contribution is -2.39. The molecular weight excluding hydrogens is 524 g/mol. The van der Waals surface area contributed by atoms with E-state index in [0.29, 0.717) is 5.92 Å². The van der Waals surface area contributed by atoms with Crippen LogP contribution < -0.4 is 0 Å². The van der Waals surface area contributed by atoms with Gasteiger partial charge in [-0.2, -0.15) is 0 Å². The summed E-state index contributed by atoms with van der Waals surface area (Å²) in [5, 5.41) is 0. The van der Waals surface area contributed by atoms with Crippen LogP contribution in [-0.4, -0.2) is 16.7 Å². The van der Waals surface area contributed by atoms with Crippen LogP contribution in [-0.2, 0) is 23.1 Å². The predicted molar refractivity (Wildman–Crippen MR) is 174 cm³/mol. The Labute approximate surface area is 254 Å². The maximum absolute atomic E-state index is 6.18. The second-order valence-corrected chi connectivity index (χ2v) is 11.5. The first-order valence-corrected chi connectivity index (χ1v) is 15.2. The van der Waals surface area contributed by atoms with E-state index in [1.165, 1.54) is 44.8 Å². The molecule has 3 heteroatoms. The van der Waals surface area contributed by atoms with E-state index in [-0.39, 0.29) is 6.10 Å². The zero-order valence-electron chi connectivity index (χ0n) is 24.5. The molecule has 1 aliphatic carbocycles. The average Bonchev–Trinajstić information content (AvgIpc) is 3.51. The molecule has 5 aromatic carbocycles. The molecule has 1 aliphatic rings. The second-order valence-electron chi connectivity index (χ2n) is 11.5. The molecule has 43 heavy (non-hydrogen) atoms. The Kier molecular flexibility index (Phi) is 7.49. The van der Waals surface area contributed by atoms with E-state index in [0.717, 1.165) is 19.3 Å². The number of ether oxygens (including phenoxy) is 1. The maximum Gasteiger partial charge on any atom is 0.121 e. The van der Waals surface area contributed by atoms with Crippen LogP contribution in [0.5, 0.6) is 0 Å². The van der Waals surface area contributed by atoms with Gasteiger partial charge < -0.3 is 9.30 Å². The smallest absolute Gasteiger partial charge is 0.121 e. The third-order valence-corrected chi connectivity index (χ3v) is 9.12. The average molecular weight is 561 g/mol. The van der Waals surface area contributed by atoms with Crippen LogP contribution in [0.4, 0.5) is 0 Å². The number of nitrogens with zero attached hydrogens (tertiary/aromatic N) is 2. The van der Waals surface area contributed by atoms with Gasteiger partial charge in [-0.15, -0.1) is 0 Å². The number of benzene rings is 5. The number of rotatable bonds is 8. The van der Waals surface area contributed by atoms with E-state index in [1.807, 2.05) is 7.11 Å². The van der Waals surface area contributed by atoms with Crippen LogP contribution in [0.2, 0.25) is 0 Å². The number of hydrogen-bond acceptors (Lipinski definition) is 2. The molecule has 0 radical (unpaired) electrons. The second kappa shape index (κ2) is 11.9. The van der Waals surface area contributed by atoms with Crippen molar-refractivity contribution in [3.63, 3.8) is 0 Å². The normalized spacial score (nSPS) is 15.5. The van der Waals surface area contributed by atoms with E-state index in [4.69, 9.17) is 9.72 Å². The lowest BCUT2D eigenvalue weighted by molar-refractivity contribution is 0.0445. The van der Waals surface area contributed by atoms with E-state index in [2.05, 4.69) is 156 Å². The first-order valence-electron chi connectivity index (χ1n) is 15.2. The highest BCUT2D eigenvalue weighted by molar-refractivity contribution is 5.63. The van der Waals surface area contributed by atoms with Gasteiger partial charge in [-0.3, -0.25) is 0 Å². The molecule has 0 aliphatic heterocycles.